The molecule has 1 saturated heterocycles. The monoisotopic (exact) mass is 605 g/mol. The van der Waals surface area contributed by atoms with Gasteiger partial charge in [-0.2, -0.15) is 4.31 Å². The lowest BCUT2D eigenvalue weighted by Gasteiger charge is -2.52. The first-order valence-corrected chi connectivity index (χ1v) is 16.0. The number of fused-ring (bicyclic) bond motifs is 1. The van der Waals surface area contributed by atoms with Crippen molar-refractivity contribution in [1.29, 1.82) is 0 Å². The maximum absolute atomic E-state index is 13.8. The maximum Gasteiger partial charge on any atom is 0.268 e. The van der Waals surface area contributed by atoms with Gasteiger partial charge < -0.3 is 15.2 Å². The van der Waals surface area contributed by atoms with Crippen molar-refractivity contribution in [3.05, 3.63) is 65.4 Å². The van der Waals surface area contributed by atoms with Crippen molar-refractivity contribution in [1.82, 2.24) is 24.4 Å². The zero-order valence-electron chi connectivity index (χ0n) is 26.1. The average Bonchev–Trinajstić information content (AvgIpc) is 3.38. The van der Waals surface area contributed by atoms with E-state index in [1.54, 1.807) is 31.0 Å². The fourth-order valence-corrected chi connectivity index (χ4v) is 7.01. The Balaban J connectivity index is 1.42. The number of carbonyl (C=O) groups is 2. The highest BCUT2D eigenvalue weighted by molar-refractivity contribution is 7.89. The van der Waals surface area contributed by atoms with Crippen LogP contribution >= 0.6 is 0 Å². The van der Waals surface area contributed by atoms with Crippen LogP contribution in [-0.4, -0.2) is 90.7 Å². The molecule has 0 bridgehead atoms. The first-order chi connectivity index (χ1) is 20.1. The van der Waals surface area contributed by atoms with Crippen LogP contribution in [0.1, 0.15) is 49.3 Å². The quantitative estimate of drug-likeness (QED) is 0.342. The van der Waals surface area contributed by atoms with Crippen LogP contribution in [0.5, 0.6) is 0 Å². The van der Waals surface area contributed by atoms with E-state index in [-0.39, 0.29) is 30.4 Å². The summed E-state index contributed by atoms with van der Waals surface area (Å²) >= 11 is 0. The predicted octanol–water partition coefficient (Wildman–Crippen LogP) is 3.78. The fraction of sp³-hybridized carbons (Fsp3) is 0.455. The number of para-hydroxylation sites is 1. The Morgan fingerprint density at radius 2 is 1.84 bits per heavy atom. The van der Waals surface area contributed by atoms with Gasteiger partial charge in [0, 0.05) is 49.7 Å². The highest BCUT2D eigenvalue weighted by Gasteiger charge is 2.46. The van der Waals surface area contributed by atoms with Gasteiger partial charge in [0.1, 0.15) is 11.7 Å². The minimum atomic E-state index is -3.68. The number of likely N-dealkylation sites (tertiary alicyclic amines) is 1. The predicted molar refractivity (Wildman–Crippen MR) is 170 cm³/mol. The molecule has 0 radical (unpaired) electrons. The summed E-state index contributed by atoms with van der Waals surface area (Å²) in [6.45, 7) is 12.8. The van der Waals surface area contributed by atoms with Gasteiger partial charge in [-0.3, -0.25) is 14.5 Å². The van der Waals surface area contributed by atoms with Gasteiger partial charge in [-0.1, -0.05) is 57.0 Å². The highest BCUT2D eigenvalue weighted by Crippen LogP contribution is 2.29. The Morgan fingerprint density at radius 3 is 2.47 bits per heavy atom. The average molecular weight is 606 g/mol. The number of aryl methyl sites for hydroxylation is 2. The van der Waals surface area contributed by atoms with Crippen molar-refractivity contribution in [2.75, 3.05) is 33.2 Å². The summed E-state index contributed by atoms with van der Waals surface area (Å²) in [4.78, 5) is 34.3. The molecule has 4 rings (SSSR count). The van der Waals surface area contributed by atoms with Crippen molar-refractivity contribution in [3.8, 4) is 12.3 Å². The van der Waals surface area contributed by atoms with Crippen molar-refractivity contribution >= 4 is 32.7 Å². The zero-order chi connectivity index (χ0) is 31.7. The van der Waals surface area contributed by atoms with Crippen LogP contribution in [-0.2, 0) is 14.8 Å². The molecule has 1 aliphatic heterocycles. The Labute approximate surface area is 255 Å². The SMILES string of the molecule is C#CCN(CCN(C)S(=O)(=O)c1cc(C)ccc1C)[C@@H]1CN(C(=O)[C@@H](NC(=O)c2cc3ccccc3[nH]2)C(C)(C)C)[C@H]1C. The molecule has 2 aromatic carbocycles. The molecule has 0 unspecified atom stereocenters. The molecule has 43 heavy (non-hydrogen) atoms. The minimum absolute atomic E-state index is 0.0400. The molecule has 10 heteroatoms. The van der Waals surface area contributed by atoms with Crippen molar-refractivity contribution in [2.24, 2.45) is 5.41 Å². The summed E-state index contributed by atoms with van der Waals surface area (Å²) in [7, 11) is -2.10. The smallest absolute Gasteiger partial charge is 0.268 e. The van der Waals surface area contributed by atoms with E-state index in [9.17, 15) is 18.0 Å². The van der Waals surface area contributed by atoms with Crippen LogP contribution in [0.2, 0.25) is 0 Å². The topological polar surface area (TPSA) is 106 Å². The number of benzene rings is 2. The molecule has 0 saturated carbocycles. The lowest BCUT2D eigenvalue weighted by atomic mass is 9.83. The van der Waals surface area contributed by atoms with E-state index in [0.717, 1.165) is 16.5 Å². The van der Waals surface area contributed by atoms with Crippen LogP contribution in [0.25, 0.3) is 10.9 Å². The number of amides is 2. The summed E-state index contributed by atoms with van der Waals surface area (Å²) in [5.74, 6) is 2.20. The third-order valence-electron chi connectivity index (χ3n) is 8.38. The molecule has 2 amide bonds. The second-order valence-corrected chi connectivity index (χ2v) is 14.6. The third-order valence-corrected chi connectivity index (χ3v) is 10.4. The Morgan fingerprint density at radius 1 is 1.14 bits per heavy atom. The van der Waals surface area contributed by atoms with Crippen molar-refractivity contribution < 1.29 is 18.0 Å². The summed E-state index contributed by atoms with van der Waals surface area (Å²) in [5, 5.41) is 3.90. The van der Waals surface area contributed by atoms with Gasteiger partial charge in [0.25, 0.3) is 5.91 Å². The number of aromatic amines is 1. The van der Waals surface area contributed by atoms with Gasteiger partial charge in [-0.15, -0.1) is 6.42 Å². The number of terminal acetylenes is 1. The van der Waals surface area contributed by atoms with Crippen LogP contribution in [0.15, 0.2) is 53.4 Å². The number of hydrogen-bond donors (Lipinski definition) is 2. The molecule has 1 fully saturated rings. The molecule has 3 aromatic rings. The van der Waals surface area contributed by atoms with Gasteiger partial charge in [-0.25, -0.2) is 8.42 Å². The molecule has 230 valence electrons. The molecule has 1 aliphatic rings. The number of aromatic nitrogens is 1. The number of nitrogens with one attached hydrogen (secondary N) is 2. The van der Waals surface area contributed by atoms with Gasteiger partial charge in [0.05, 0.1) is 11.4 Å². The molecule has 0 aliphatic carbocycles. The fourth-order valence-electron chi connectivity index (χ4n) is 5.54. The van der Waals surface area contributed by atoms with E-state index in [1.165, 1.54) is 4.31 Å². The Bertz CT molecular complexity index is 1620. The summed E-state index contributed by atoms with van der Waals surface area (Å²) in [5.41, 5.74) is 2.30. The van der Waals surface area contributed by atoms with E-state index in [1.807, 2.05) is 71.0 Å². The molecular weight excluding hydrogens is 562 g/mol. The van der Waals surface area contributed by atoms with Crippen LogP contribution in [0.4, 0.5) is 0 Å². The van der Waals surface area contributed by atoms with Gasteiger partial charge in [-0.05, 0) is 55.5 Å². The number of carbonyl (C=O) groups excluding carboxylic acids is 2. The zero-order valence-corrected chi connectivity index (χ0v) is 27.0. The van der Waals surface area contributed by atoms with Gasteiger partial charge in [0.15, 0.2) is 0 Å². The van der Waals surface area contributed by atoms with Gasteiger partial charge >= 0.3 is 0 Å². The minimum Gasteiger partial charge on any atom is -0.351 e. The molecule has 1 aromatic heterocycles. The molecule has 2 heterocycles. The standard InChI is InChI=1S/C33H43N5O4S/c1-9-16-37(18-17-36(8)43(41,42)29-19-22(2)14-15-23(29)3)28-21-38(24(28)4)32(40)30(33(5,6)7)35-31(39)27-20-25-12-10-11-13-26(25)34-27/h1,10-15,19-20,24,28,30,34H,16-18,21H2,2-8H3,(H,35,39)/t24-,28+,30+/m0/s1. The van der Waals surface area contributed by atoms with E-state index < -0.39 is 21.5 Å². The van der Waals surface area contributed by atoms with Crippen LogP contribution < -0.4 is 5.32 Å². The first kappa shape index (κ1) is 32.3. The summed E-state index contributed by atoms with van der Waals surface area (Å²) < 4.78 is 28.0. The number of nitrogens with zero attached hydrogens (tertiary/aromatic N) is 3. The maximum atomic E-state index is 13.8. The molecular formula is C33H43N5O4S. The van der Waals surface area contributed by atoms with E-state index >= 15 is 0 Å². The number of likely N-dealkylation sites (N-methyl/N-ethyl adjacent to an activating group) is 1. The number of rotatable bonds is 10. The third kappa shape index (κ3) is 6.80. The summed E-state index contributed by atoms with van der Waals surface area (Å²) in [6, 6.07) is 13.9. The summed E-state index contributed by atoms with van der Waals surface area (Å²) in [6.07, 6.45) is 5.69. The Hall–Kier alpha value is -3.65. The Kier molecular flexibility index (Phi) is 9.40. The van der Waals surface area contributed by atoms with Gasteiger partial charge in [0.2, 0.25) is 15.9 Å². The largest absolute Gasteiger partial charge is 0.351 e. The molecule has 2 N–H and O–H groups in total. The van der Waals surface area contributed by atoms with E-state index in [2.05, 4.69) is 21.1 Å². The van der Waals surface area contributed by atoms with E-state index in [0.29, 0.717) is 35.8 Å². The number of hydrogen-bond acceptors (Lipinski definition) is 5. The van der Waals surface area contributed by atoms with Crippen molar-refractivity contribution in [3.63, 3.8) is 0 Å². The second-order valence-electron chi connectivity index (χ2n) is 12.6. The van der Waals surface area contributed by atoms with Crippen LogP contribution in [0.3, 0.4) is 0 Å². The van der Waals surface area contributed by atoms with Crippen LogP contribution in [0, 0.1) is 31.6 Å². The van der Waals surface area contributed by atoms with Crippen molar-refractivity contribution in [2.45, 2.75) is 64.6 Å². The number of sulfonamides is 1. The molecule has 0 spiro atoms. The molecule has 3 atom stereocenters. The lowest BCUT2D eigenvalue weighted by Crippen LogP contribution is -2.70. The van der Waals surface area contributed by atoms with E-state index in [4.69, 9.17) is 6.42 Å². The second kappa shape index (κ2) is 12.5. The molecule has 9 nitrogen and oxygen atoms in total. The normalized spacial score (nSPS) is 18.0. The lowest BCUT2D eigenvalue weighted by molar-refractivity contribution is -0.149. The number of H-pyrrole nitrogens is 1. The highest BCUT2D eigenvalue weighted by atomic mass is 32.2. The first-order valence-electron chi connectivity index (χ1n) is 14.6.